The molecule has 0 bridgehead atoms. The molecule has 5 nitrogen and oxygen atoms in total. The van der Waals surface area contributed by atoms with Crippen LogP contribution in [0.2, 0.25) is 0 Å². The van der Waals surface area contributed by atoms with Crippen molar-refractivity contribution >= 4 is 29.4 Å². The van der Waals surface area contributed by atoms with Gasteiger partial charge in [-0.25, -0.2) is 4.79 Å². The van der Waals surface area contributed by atoms with E-state index in [1.807, 2.05) is 18.2 Å². The normalized spacial score (nSPS) is 13.5. The highest BCUT2D eigenvalue weighted by atomic mass is 32.2. The SMILES string of the molecule is CNC(=O)NCCc1ccc2c(c1)NC(=O)CS2. The lowest BCUT2D eigenvalue weighted by molar-refractivity contribution is -0.113. The maximum absolute atomic E-state index is 11.3. The van der Waals surface area contributed by atoms with Crippen molar-refractivity contribution in [2.24, 2.45) is 0 Å². The molecule has 1 aliphatic heterocycles. The van der Waals surface area contributed by atoms with Gasteiger partial charge in [0.2, 0.25) is 5.91 Å². The van der Waals surface area contributed by atoms with Gasteiger partial charge in [-0.05, 0) is 24.1 Å². The molecule has 2 rings (SSSR count). The molecule has 0 fully saturated rings. The summed E-state index contributed by atoms with van der Waals surface area (Å²) >= 11 is 1.55. The molecule has 3 amide bonds. The predicted molar refractivity (Wildman–Crippen MR) is 72.0 cm³/mol. The van der Waals surface area contributed by atoms with E-state index in [-0.39, 0.29) is 11.9 Å². The molecule has 0 atom stereocenters. The molecule has 0 saturated heterocycles. The van der Waals surface area contributed by atoms with Gasteiger partial charge in [-0.2, -0.15) is 0 Å². The Hall–Kier alpha value is -1.69. The number of benzene rings is 1. The lowest BCUT2D eigenvalue weighted by Gasteiger charge is -2.17. The lowest BCUT2D eigenvalue weighted by atomic mass is 10.1. The molecule has 0 spiro atoms. The molecule has 3 N–H and O–H groups in total. The summed E-state index contributed by atoms with van der Waals surface area (Å²) in [5.41, 5.74) is 1.96. The topological polar surface area (TPSA) is 70.2 Å². The summed E-state index contributed by atoms with van der Waals surface area (Å²) in [5, 5.41) is 8.07. The van der Waals surface area contributed by atoms with Crippen LogP contribution in [0, 0.1) is 0 Å². The van der Waals surface area contributed by atoms with Gasteiger partial charge >= 0.3 is 6.03 Å². The molecule has 1 heterocycles. The third-order valence-corrected chi connectivity index (χ3v) is 3.68. The van der Waals surface area contributed by atoms with Crippen LogP contribution in [0.5, 0.6) is 0 Å². The number of hydrogen-bond donors (Lipinski definition) is 3. The fourth-order valence-electron chi connectivity index (χ4n) is 1.69. The number of hydrogen-bond acceptors (Lipinski definition) is 3. The van der Waals surface area contributed by atoms with Gasteiger partial charge in [0.25, 0.3) is 0 Å². The van der Waals surface area contributed by atoms with E-state index in [1.165, 1.54) is 0 Å². The summed E-state index contributed by atoms with van der Waals surface area (Å²) in [7, 11) is 1.58. The van der Waals surface area contributed by atoms with E-state index in [1.54, 1.807) is 18.8 Å². The van der Waals surface area contributed by atoms with E-state index in [4.69, 9.17) is 0 Å². The van der Waals surface area contributed by atoms with Crippen LogP contribution in [0.25, 0.3) is 0 Å². The van der Waals surface area contributed by atoms with Gasteiger partial charge in [0.05, 0.1) is 11.4 Å². The Labute approximate surface area is 110 Å². The van der Waals surface area contributed by atoms with Crippen molar-refractivity contribution in [3.05, 3.63) is 23.8 Å². The molecule has 1 aromatic carbocycles. The van der Waals surface area contributed by atoms with E-state index in [0.717, 1.165) is 22.6 Å². The highest BCUT2D eigenvalue weighted by Crippen LogP contribution is 2.31. The number of amides is 3. The van der Waals surface area contributed by atoms with E-state index in [2.05, 4.69) is 16.0 Å². The first kappa shape index (κ1) is 12.8. The Morgan fingerprint density at radius 2 is 2.33 bits per heavy atom. The van der Waals surface area contributed by atoms with Crippen LogP contribution in [-0.4, -0.2) is 31.3 Å². The summed E-state index contributed by atoms with van der Waals surface area (Å²) in [4.78, 5) is 23.4. The van der Waals surface area contributed by atoms with Crippen molar-refractivity contribution in [3.8, 4) is 0 Å². The summed E-state index contributed by atoms with van der Waals surface area (Å²) in [6.07, 6.45) is 0.737. The molecular weight excluding hydrogens is 250 g/mol. The second-order valence-corrected chi connectivity index (χ2v) is 4.94. The van der Waals surface area contributed by atoms with E-state index < -0.39 is 0 Å². The average molecular weight is 265 g/mol. The number of carbonyl (C=O) groups is 2. The highest BCUT2D eigenvalue weighted by molar-refractivity contribution is 8.00. The maximum atomic E-state index is 11.3. The quantitative estimate of drug-likeness (QED) is 0.769. The van der Waals surface area contributed by atoms with Crippen molar-refractivity contribution in [2.45, 2.75) is 11.3 Å². The Morgan fingerprint density at radius 1 is 1.50 bits per heavy atom. The van der Waals surface area contributed by atoms with Crippen LogP contribution in [0.4, 0.5) is 10.5 Å². The first-order chi connectivity index (χ1) is 8.69. The molecule has 0 aromatic heterocycles. The minimum atomic E-state index is -0.184. The molecule has 18 heavy (non-hydrogen) atoms. The average Bonchev–Trinajstić information content (AvgIpc) is 2.38. The molecule has 6 heteroatoms. The van der Waals surface area contributed by atoms with Gasteiger partial charge < -0.3 is 16.0 Å². The zero-order chi connectivity index (χ0) is 13.0. The van der Waals surface area contributed by atoms with E-state index in [0.29, 0.717) is 12.3 Å². The third-order valence-electron chi connectivity index (χ3n) is 2.60. The first-order valence-corrected chi connectivity index (χ1v) is 6.69. The van der Waals surface area contributed by atoms with Crippen molar-refractivity contribution in [2.75, 3.05) is 24.7 Å². The van der Waals surface area contributed by atoms with Crippen molar-refractivity contribution in [1.29, 1.82) is 0 Å². The predicted octanol–water partition coefficient (Wildman–Crippen LogP) is 1.20. The number of carbonyl (C=O) groups excluding carboxylic acids is 2. The Kier molecular flexibility index (Phi) is 4.09. The molecule has 1 aliphatic rings. The lowest BCUT2D eigenvalue weighted by Crippen LogP contribution is -2.34. The standard InChI is InChI=1S/C12H15N3O2S/c1-13-12(17)14-5-4-8-2-3-10-9(6-8)15-11(16)7-18-10/h2-3,6H,4-5,7H2,1H3,(H,15,16)(H2,13,14,17). The third kappa shape index (κ3) is 3.16. The zero-order valence-electron chi connectivity index (χ0n) is 10.1. The van der Waals surface area contributed by atoms with Gasteiger partial charge in [0, 0.05) is 18.5 Å². The van der Waals surface area contributed by atoms with Gasteiger partial charge in [0.1, 0.15) is 0 Å². The number of thioether (sulfide) groups is 1. The first-order valence-electron chi connectivity index (χ1n) is 5.70. The van der Waals surface area contributed by atoms with Gasteiger partial charge in [-0.3, -0.25) is 4.79 Å². The molecular formula is C12H15N3O2S. The van der Waals surface area contributed by atoms with Gasteiger partial charge in [-0.15, -0.1) is 11.8 Å². The molecule has 1 aromatic rings. The fraction of sp³-hybridized carbons (Fsp3) is 0.333. The minimum Gasteiger partial charge on any atom is -0.341 e. The van der Waals surface area contributed by atoms with E-state index >= 15 is 0 Å². The smallest absolute Gasteiger partial charge is 0.314 e. The van der Waals surface area contributed by atoms with Crippen LogP contribution in [0.1, 0.15) is 5.56 Å². The second-order valence-electron chi connectivity index (χ2n) is 3.92. The number of urea groups is 1. The largest absolute Gasteiger partial charge is 0.341 e. The van der Waals surface area contributed by atoms with E-state index in [9.17, 15) is 9.59 Å². The molecule has 0 saturated carbocycles. The fourth-order valence-corrected chi connectivity index (χ4v) is 2.48. The molecule has 96 valence electrons. The second kappa shape index (κ2) is 5.77. The van der Waals surface area contributed by atoms with Crippen molar-refractivity contribution in [3.63, 3.8) is 0 Å². The maximum Gasteiger partial charge on any atom is 0.314 e. The summed E-state index contributed by atoms with van der Waals surface area (Å²) in [5.74, 6) is 0.512. The minimum absolute atomic E-state index is 0.0353. The Bertz CT molecular complexity index is 476. The number of rotatable bonds is 3. The summed E-state index contributed by atoms with van der Waals surface area (Å²) < 4.78 is 0. The molecule has 0 aliphatic carbocycles. The molecule has 0 unspecified atom stereocenters. The summed E-state index contributed by atoms with van der Waals surface area (Å²) in [6, 6.07) is 5.81. The van der Waals surface area contributed by atoms with Crippen LogP contribution in [-0.2, 0) is 11.2 Å². The van der Waals surface area contributed by atoms with Crippen molar-refractivity contribution < 1.29 is 9.59 Å². The monoisotopic (exact) mass is 265 g/mol. The van der Waals surface area contributed by atoms with Crippen LogP contribution in [0.15, 0.2) is 23.1 Å². The van der Waals surface area contributed by atoms with Crippen LogP contribution in [0.3, 0.4) is 0 Å². The van der Waals surface area contributed by atoms with Crippen LogP contribution >= 0.6 is 11.8 Å². The van der Waals surface area contributed by atoms with Gasteiger partial charge in [0.15, 0.2) is 0 Å². The number of anilines is 1. The van der Waals surface area contributed by atoms with Gasteiger partial charge in [-0.1, -0.05) is 6.07 Å². The van der Waals surface area contributed by atoms with Crippen LogP contribution < -0.4 is 16.0 Å². The Morgan fingerprint density at radius 3 is 3.11 bits per heavy atom. The Balaban J connectivity index is 1.96. The number of nitrogens with one attached hydrogen (secondary N) is 3. The zero-order valence-corrected chi connectivity index (χ0v) is 10.9. The molecule has 0 radical (unpaired) electrons. The summed E-state index contributed by atoms with van der Waals surface area (Å²) in [6.45, 7) is 0.569. The number of fused-ring (bicyclic) bond motifs is 1. The van der Waals surface area contributed by atoms with Crippen molar-refractivity contribution in [1.82, 2.24) is 10.6 Å². The highest BCUT2D eigenvalue weighted by Gasteiger charge is 2.15.